The molecule has 2 N–H and O–H groups in total. The number of rotatable bonds is 5. The fourth-order valence-corrected chi connectivity index (χ4v) is 4.62. The molecule has 1 saturated carbocycles. The van der Waals surface area contributed by atoms with Crippen LogP contribution in [0.3, 0.4) is 0 Å². The zero-order chi connectivity index (χ0) is 23.9. The first-order chi connectivity index (χ1) is 14.8. The smallest absolute Gasteiger partial charge is 0.495 e. The molecule has 0 aromatic heterocycles. The molecule has 1 heterocycles. The van der Waals surface area contributed by atoms with Crippen LogP contribution in [0.1, 0.15) is 32.6 Å². The fourth-order valence-electron chi connectivity index (χ4n) is 3.83. The summed E-state index contributed by atoms with van der Waals surface area (Å²) in [4.78, 5) is 37.3. The molecule has 1 aliphatic carbocycles. The van der Waals surface area contributed by atoms with Crippen LogP contribution in [0, 0.1) is 5.92 Å². The summed E-state index contributed by atoms with van der Waals surface area (Å²) in [5.41, 5.74) is -6.94. The molecule has 3 rings (SSSR count). The molecule has 9 nitrogen and oxygen atoms in total. The number of anilines is 1. The summed E-state index contributed by atoms with van der Waals surface area (Å²) in [5, 5.41) is 4.88. The Balaban J connectivity index is 1.78. The van der Waals surface area contributed by atoms with Crippen LogP contribution >= 0.6 is 0 Å². The zero-order valence-corrected chi connectivity index (χ0v) is 18.1. The number of hydrogen-bond donors (Lipinski definition) is 2. The topological polar surface area (TPSA) is 122 Å². The number of urea groups is 1. The molecule has 0 radical (unpaired) electrons. The van der Waals surface area contributed by atoms with Gasteiger partial charge in [0, 0.05) is 0 Å². The van der Waals surface area contributed by atoms with E-state index < -0.39 is 50.2 Å². The lowest BCUT2D eigenvalue weighted by atomic mass is 9.77. The second-order valence-corrected chi connectivity index (χ2v) is 9.89. The monoisotopic (exact) mass is 477 g/mol. The predicted molar refractivity (Wildman–Crippen MR) is 105 cm³/mol. The van der Waals surface area contributed by atoms with Crippen LogP contribution in [0.2, 0.25) is 0 Å². The van der Waals surface area contributed by atoms with Crippen LogP contribution < -0.4 is 15.4 Å². The van der Waals surface area contributed by atoms with E-state index in [4.69, 9.17) is 4.74 Å². The minimum absolute atomic E-state index is 0.102. The van der Waals surface area contributed by atoms with Crippen molar-refractivity contribution in [3.05, 3.63) is 18.2 Å². The van der Waals surface area contributed by atoms with Gasteiger partial charge >= 0.3 is 11.5 Å². The van der Waals surface area contributed by atoms with E-state index in [0.29, 0.717) is 30.9 Å². The van der Waals surface area contributed by atoms with E-state index in [0.717, 1.165) is 23.8 Å². The highest BCUT2D eigenvalue weighted by molar-refractivity contribution is 7.92. The summed E-state index contributed by atoms with van der Waals surface area (Å²) in [6.07, 6.45) is 2.37. The van der Waals surface area contributed by atoms with Gasteiger partial charge in [-0.2, -0.15) is 13.2 Å². The average molecular weight is 477 g/mol. The Morgan fingerprint density at radius 2 is 1.91 bits per heavy atom. The molecule has 4 amide bonds. The van der Waals surface area contributed by atoms with Crippen LogP contribution in [0.4, 0.5) is 23.7 Å². The lowest BCUT2D eigenvalue weighted by Gasteiger charge is -2.33. The number of carbonyl (C=O) groups is 3. The SMILES string of the molecule is COc1ccc(S(=O)(=O)C(F)(F)F)cc1NC(=O)CN1C(=O)NC2(CCC(C)CC2)C1=O. The lowest BCUT2D eigenvalue weighted by Crippen LogP contribution is -2.49. The first-order valence-corrected chi connectivity index (χ1v) is 11.2. The second kappa shape index (κ2) is 8.26. The van der Waals surface area contributed by atoms with E-state index in [9.17, 15) is 36.0 Å². The Morgan fingerprint density at radius 3 is 2.47 bits per heavy atom. The zero-order valence-electron chi connectivity index (χ0n) is 17.3. The molecule has 0 bridgehead atoms. The lowest BCUT2D eigenvalue weighted by molar-refractivity contribution is -0.135. The third kappa shape index (κ3) is 4.25. The molecule has 0 atom stereocenters. The van der Waals surface area contributed by atoms with Gasteiger partial charge in [0.25, 0.3) is 15.7 Å². The molecule has 1 saturated heterocycles. The molecule has 0 unspecified atom stereocenters. The van der Waals surface area contributed by atoms with Crippen molar-refractivity contribution in [1.82, 2.24) is 10.2 Å². The molecule has 1 aromatic carbocycles. The van der Waals surface area contributed by atoms with E-state index in [2.05, 4.69) is 10.6 Å². The summed E-state index contributed by atoms with van der Waals surface area (Å²) in [5.74, 6) is -1.13. The van der Waals surface area contributed by atoms with Crippen molar-refractivity contribution in [1.29, 1.82) is 0 Å². The number of nitrogens with zero attached hydrogens (tertiary/aromatic N) is 1. The summed E-state index contributed by atoms with van der Waals surface area (Å²) < 4.78 is 66.9. The van der Waals surface area contributed by atoms with Crippen molar-refractivity contribution in [3.63, 3.8) is 0 Å². The van der Waals surface area contributed by atoms with Gasteiger partial charge in [-0.05, 0) is 49.8 Å². The number of sulfone groups is 1. The molecule has 13 heteroatoms. The van der Waals surface area contributed by atoms with Crippen LogP contribution in [0.5, 0.6) is 5.75 Å². The van der Waals surface area contributed by atoms with Gasteiger partial charge in [-0.1, -0.05) is 6.92 Å². The van der Waals surface area contributed by atoms with Gasteiger partial charge in [-0.25, -0.2) is 13.2 Å². The van der Waals surface area contributed by atoms with Crippen molar-refractivity contribution >= 4 is 33.4 Å². The highest BCUT2D eigenvalue weighted by Gasteiger charge is 2.52. The Labute approximate surface area is 182 Å². The maximum absolute atomic E-state index is 12.9. The molecule has 32 heavy (non-hydrogen) atoms. The van der Waals surface area contributed by atoms with Gasteiger partial charge < -0.3 is 15.4 Å². The number of alkyl halides is 3. The molecule has 1 aromatic rings. The number of imide groups is 1. The van der Waals surface area contributed by atoms with Crippen molar-refractivity contribution < 1.29 is 40.7 Å². The van der Waals surface area contributed by atoms with E-state index in [1.165, 1.54) is 7.11 Å². The largest absolute Gasteiger partial charge is 0.501 e. The molecule has 2 fully saturated rings. The number of methoxy groups -OCH3 is 1. The Kier molecular flexibility index (Phi) is 6.15. The number of carbonyl (C=O) groups excluding carboxylic acids is 3. The van der Waals surface area contributed by atoms with Crippen molar-refractivity contribution in [2.24, 2.45) is 5.92 Å². The van der Waals surface area contributed by atoms with E-state index >= 15 is 0 Å². The summed E-state index contributed by atoms with van der Waals surface area (Å²) in [6.45, 7) is 1.35. The number of hydrogen-bond acceptors (Lipinski definition) is 6. The van der Waals surface area contributed by atoms with Gasteiger partial charge in [0.1, 0.15) is 17.8 Å². The van der Waals surface area contributed by atoms with Gasteiger partial charge in [0.15, 0.2) is 0 Å². The Bertz CT molecular complexity index is 1050. The number of halogens is 3. The van der Waals surface area contributed by atoms with E-state index in [1.807, 2.05) is 6.92 Å². The minimum Gasteiger partial charge on any atom is -0.495 e. The molecule has 1 spiro atoms. The van der Waals surface area contributed by atoms with E-state index in [-0.39, 0.29) is 11.4 Å². The highest BCUT2D eigenvalue weighted by Crippen LogP contribution is 2.37. The molecular weight excluding hydrogens is 455 g/mol. The molecule has 2 aliphatic rings. The Hall–Kier alpha value is -2.83. The highest BCUT2D eigenvalue weighted by atomic mass is 32.2. The number of benzene rings is 1. The third-order valence-corrected chi connectivity index (χ3v) is 7.22. The van der Waals surface area contributed by atoms with Gasteiger partial charge in [-0.3, -0.25) is 14.5 Å². The average Bonchev–Trinajstić information content (AvgIpc) is 2.93. The van der Waals surface area contributed by atoms with Crippen LogP contribution in [0.15, 0.2) is 23.1 Å². The quantitative estimate of drug-likeness (QED) is 0.629. The standard InChI is InChI=1S/C19H22F3N3O6S/c1-11-5-7-18(8-6-11)16(27)25(17(28)24-18)10-15(26)23-13-9-12(3-4-14(13)31-2)32(29,30)19(20,21)22/h3-4,9,11H,5-8,10H2,1-2H3,(H,23,26)(H,24,28). The predicted octanol–water partition coefficient (Wildman–Crippen LogP) is 2.43. The molecule has 1 aliphatic heterocycles. The fraction of sp³-hybridized carbons (Fsp3) is 0.526. The number of ether oxygens (including phenoxy) is 1. The summed E-state index contributed by atoms with van der Waals surface area (Å²) in [6, 6.07) is 1.53. The van der Waals surface area contributed by atoms with Crippen molar-refractivity contribution in [2.45, 2.75) is 48.5 Å². The van der Waals surface area contributed by atoms with E-state index in [1.54, 1.807) is 0 Å². The maximum atomic E-state index is 12.9. The summed E-state index contributed by atoms with van der Waals surface area (Å²) >= 11 is 0. The Morgan fingerprint density at radius 1 is 1.28 bits per heavy atom. The van der Waals surface area contributed by atoms with Crippen LogP contribution in [0.25, 0.3) is 0 Å². The second-order valence-electron chi connectivity index (χ2n) is 7.95. The number of nitrogens with one attached hydrogen (secondary N) is 2. The van der Waals surface area contributed by atoms with Gasteiger partial charge in [-0.15, -0.1) is 0 Å². The molecule has 176 valence electrons. The first-order valence-electron chi connectivity index (χ1n) is 9.74. The maximum Gasteiger partial charge on any atom is 0.501 e. The van der Waals surface area contributed by atoms with Gasteiger partial charge in [0.05, 0.1) is 17.7 Å². The molecular formula is C19H22F3N3O6S. The number of amides is 4. The van der Waals surface area contributed by atoms with Gasteiger partial charge in [0.2, 0.25) is 5.91 Å². The third-order valence-electron chi connectivity index (χ3n) is 5.74. The van der Waals surface area contributed by atoms with Crippen LogP contribution in [-0.2, 0) is 19.4 Å². The van der Waals surface area contributed by atoms with Crippen molar-refractivity contribution in [2.75, 3.05) is 19.0 Å². The summed E-state index contributed by atoms with van der Waals surface area (Å²) in [7, 11) is -4.48. The van der Waals surface area contributed by atoms with Crippen molar-refractivity contribution in [3.8, 4) is 5.75 Å². The minimum atomic E-state index is -5.66. The van der Waals surface area contributed by atoms with Crippen LogP contribution in [-0.4, -0.2) is 55.9 Å². The normalized spacial score (nSPS) is 23.9. The first kappa shape index (κ1) is 23.8.